The molecule has 29 heavy (non-hydrogen) atoms. The topological polar surface area (TPSA) is 53.2 Å². The molecule has 1 N–H and O–H groups in total. The third kappa shape index (κ3) is 5.32. The minimum atomic E-state index is 0. The Morgan fingerprint density at radius 1 is 1.10 bits per heavy atom. The van der Waals surface area contributed by atoms with Crippen molar-refractivity contribution in [3.8, 4) is 0 Å². The normalized spacial score (nSPS) is 18.7. The smallest absolute Gasteiger partial charge is 0.194 e. The Bertz CT molecular complexity index is 817. The zero-order chi connectivity index (χ0) is 19.3. The molecule has 2 aromatic rings. The molecule has 7 heteroatoms. The highest BCUT2D eigenvalue weighted by atomic mass is 127. The lowest BCUT2D eigenvalue weighted by Crippen LogP contribution is -2.48. The van der Waals surface area contributed by atoms with Crippen molar-refractivity contribution in [2.24, 2.45) is 4.99 Å². The number of aliphatic imine (C=N–C) groups is 1. The number of halogens is 1. The molecule has 2 aliphatic rings. The van der Waals surface area contributed by atoms with Crippen LogP contribution < -0.4 is 5.32 Å². The summed E-state index contributed by atoms with van der Waals surface area (Å²) in [6.45, 7) is 8.02. The van der Waals surface area contributed by atoms with E-state index in [1.165, 1.54) is 11.1 Å². The number of morpholine rings is 1. The third-order valence-electron chi connectivity index (χ3n) is 5.67. The number of hydrogen-bond acceptors (Lipinski definition) is 4. The summed E-state index contributed by atoms with van der Waals surface area (Å²) in [5.74, 6) is 2.91. The second kappa shape index (κ2) is 10.4. The number of rotatable bonds is 4. The van der Waals surface area contributed by atoms with Crippen LogP contribution in [0.3, 0.4) is 0 Å². The average molecular weight is 510 g/mol. The summed E-state index contributed by atoms with van der Waals surface area (Å²) < 4.78 is 11.5. The molecule has 2 aliphatic heterocycles. The van der Waals surface area contributed by atoms with Crippen LogP contribution >= 0.6 is 24.0 Å². The number of nitrogens with one attached hydrogen (secondary N) is 1. The van der Waals surface area contributed by atoms with Crippen LogP contribution in [0.4, 0.5) is 0 Å². The van der Waals surface area contributed by atoms with E-state index in [1.54, 1.807) is 0 Å². The molecule has 1 unspecified atom stereocenters. The van der Waals surface area contributed by atoms with Gasteiger partial charge in [-0.15, -0.1) is 24.0 Å². The number of guanidine groups is 1. The summed E-state index contributed by atoms with van der Waals surface area (Å²) in [5, 5.41) is 3.61. The van der Waals surface area contributed by atoms with Crippen LogP contribution in [-0.4, -0.2) is 62.2 Å². The fourth-order valence-electron chi connectivity index (χ4n) is 4.13. The molecule has 0 amide bonds. The Balaban J connectivity index is 0.00000240. The van der Waals surface area contributed by atoms with Crippen molar-refractivity contribution in [1.29, 1.82) is 0 Å². The molecule has 1 saturated heterocycles. The number of aryl methyl sites for hydroxylation is 1. The Labute approximate surface area is 190 Å². The van der Waals surface area contributed by atoms with Gasteiger partial charge in [-0.3, -0.25) is 9.89 Å². The lowest BCUT2D eigenvalue weighted by atomic mass is 10.0. The summed E-state index contributed by atoms with van der Waals surface area (Å²) >= 11 is 0. The number of ether oxygens (including phenoxy) is 1. The van der Waals surface area contributed by atoms with Crippen LogP contribution in [0.25, 0.3) is 0 Å². The Hall–Kier alpha value is -1.58. The summed E-state index contributed by atoms with van der Waals surface area (Å²) in [6, 6.07) is 13.0. The molecule has 6 nitrogen and oxygen atoms in total. The second-order valence-corrected chi connectivity index (χ2v) is 7.48. The fourth-order valence-corrected chi connectivity index (χ4v) is 4.13. The van der Waals surface area contributed by atoms with Crippen molar-refractivity contribution in [3.05, 3.63) is 59.0 Å². The highest BCUT2D eigenvalue weighted by Gasteiger charge is 2.26. The molecule has 1 aromatic carbocycles. The molecule has 1 aromatic heterocycles. The highest BCUT2D eigenvalue weighted by molar-refractivity contribution is 14.0. The zero-order valence-corrected chi connectivity index (χ0v) is 19.6. The largest absolute Gasteiger partial charge is 0.465 e. The number of furan rings is 1. The van der Waals surface area contributed by atoms with Crippen molar-refractivity contribution in [2.45, 2.75) is 25.9 Å². The molecule has 0 spiro atoms. The first-order valence-electron chi connectivity index (χ1n) is 10.1. The van der Waals surface area contributed by atoms with Gasteiger partial charge in [0.1, 0.15) is 11.5 Å². The number of fused-ring (bicyclic) bond motifs is 1. The molecule has 158 valence electrons. The molecule has 0 saturated carbocycles. The SMILES string of the molecule is CN=C(NCC(c1ccc(C)o1)N1CCOCC1)N1CCc2ccccc2C1.I. The predicted molar refractivity (Wildman–Crippen MR) is 126 cm³/mol. The van der Waals surface area contributed by atoms with Crippen molar-refractivity contribution in [3.63, 3.8) is 0 Å². The van der Waals surface area contributed by atoms with E-state index < -0.39 is 0 Å². The van der Waals surface area contributed by atoms with Crippen molar-refractivity contribution >= 4 is 29.9 Å². The van der Waals surface area contributed by atoms with Gasteiger partial charge < -0.3 is 19.4 Å². The number of nitrogens with zero attached hydrogens (tertiary/aromatic N) is 3. The monoisotopic (exact) mass is 510 g/mol. The van der Waals surface area contributed by atoms with Crippen molar-refractivity contribution < 1.29 is 9.15 Å². The quantitative estimate of drug-likeness (QED) is 0.389. The average Bonchev–Trinajstić information content (AvgIpc) is 3.17. The van der Waals surface area contributed by atoms with E-state index in [1.807, 2.05) is 20.0 Å². The minimum absolute atomic E-state index is 0. The van der Waals surface area contributed by atoms with Gasteiger partial charge in [-0.25, -0.2) is 0 Å². The van der Waals surface area contributed by atoms with E-state index in [0.29, 0.717) is 0 Å². The van der Waals surface area contributed by atoms with Gasteiger partial charge in [-0.05, 0) is 36.6 Å². The maximum absolute atomic E-state index is 5.98. The Morgan fingerprint density at radius 2 is 1.86 bits per heavy atom. The first kappa shape index (κ1) is 22.1. The third-order valence-corrected chi connectivity index (χ3v) is 5.67. The highest BCUT2D eigenvalue weighted by Crippen LogP contribution is 2.24. The van der Waals surface area contributed by atoms with E-state index in [-0.39, 0.29) is 30.0 Å². The van der Waals surface area contributed by atoms with E-state index >= 15 is 0 Å². The maximum Gasteiger partial charge on any atom is 0.194 e. The summed E-state index contributed by atoms with van der Waals surface area (Å²) in [5.41, 5.74) is 2.84. The van der Waals surface area contributed by atoms with E-state index in [4.69, 9.17) is 9.15 Å². The Kier molecular flexibility index (Phi) is 7.97. The molecule has 1 fully saturated rings. The molecule has 3 heterocycles. The van der Waals surface area contributed by atoms with Gasteiger partial charge >= 0.3 is 0 Å². The first-order chi connectivity index (χ1) is 13.7. The number of hydrogen-bond donors (Lipinski definition) is 1. The van der Waals surface area contributed by atoms with E-state index in [9.17, 15) is 0 Å². The minimum Gasteiger partial charge on any atom is -0.465 e. The first-order valence-corrected chi connectivity index (χ1v) is 10.1. The van der Waals surface area contributed by atoms with Crippen LogP contribution in [0.1, 0.15) is 28.7 Å². The van der Waals surface area contributed by atoms with Gasteiger partial charge in [-0.1, -0.05) is 24.3 Å². The molecule has 0 radical (unpaired) electrons. The van der Waals surface area contributed by atoms with Gasteiger partial charge in [0.15, 0.2) is 5.96 Å². The van der Waals surface area contributed by atoms with Crippen LogP contribution in [0.15, 0.2) is 45.8 Å². The zero-order valence-electron chi connectivity index (χ0n) is 17.3. The summed E-state index contributed by atoms with van der Waals surface area (Å²) in [7, 11) is 1.86. The van der Waals surface area contributed by atoms with Crippen LogP contribution in [0.5, 0.6) is 0 Å². The van der Waals surface area contributed by atoms with Gasteiger partial charge in [-0.2, -0.15) is 0 Å². The van der Waals surface area contributed by atoms with Gasteiger partial charge in [0.25, 0.3) is 0 Å². The number of benzene rings is 1. The Morgan fingerprint density at radius 3 is 2.55 bits per heavy atom. The maximum atomic E-state index is 5.98. The standard InChI is InChI=1S/C22H30N4O2.HI/c1-17-7-8-21(28-17)20(25-11-13-27-14-12-25)15-24-22(23-2)26-10-9-18-5-3-4-6-19(18)16-26;/h3-8,20H,9-16H2,1-2H3,(H,23,24);1H. The summed E-state index contributed by atoms with van der Waals surface area (Å²) in [4.78, 5) is 9.34. The van der Waals surface area contributed by atoms with E-state index in [2.05, 4.69) is 50.4 Å². The summed E-state index contributed by atoms with van der Waals surface area (Å²) in [6.07, 6.45) is 1.06. The molecular weight excluding hydrogens is 479 g/mol. The lowest BCUT2D eigenvalue weighted by molar-refractivity contribution is 0.0123. The molecular formula is C22H31IN4O2. The van der Waals surface area contributed by atoms with Crippen LogP contribution in [-0.2, 0) is 17.7 Å². The van der Waals surface area contributed by atoms with Gasteiger partial charge in [0.05, 0.1) is 19.3 Å². The van der Waals surface area contributed by atoms with E-state index in [0.717, 1.165) is 69.8 Å². The lowest BCUT2D eigenvalue weighted by Gasteiger charge is -2.35. The predicted octanol–water partition coefficient (Wildman–Crippen LogP) is 3.21. The molecule has 4 rings (SSSR count). The van der Waals surface area contributed by atoms with Gasteiger partial charge in [0, 0.05) is 39.8 Å². The molecule has 0 bridgehead atoms. The van der Waals surface area contributed by atoms with Crippen LogP contribution in [0, 0.1) is 6.92 Å². The van der Waals surface area contributed by atoms with Crippen molar-refractivity contribution in [2.75, 3.05) is 46.4 Å². The molecule has 1 atom stereocenters. The molecule has 0 aliphatic carbocycles. The van der Waals surface area contributed by atoms with Crippen LogP contribution in [0.2, 0.25) is 0 Å². The van der Waals surface area contributed by atoms with Crippen molar-refractivity contribution in [1.82, 2.24) is 15.1 Å². The fraction of sp³-hybridized carbons (Fsp3) is 0.500. The second-order valence-electron chi connectivity index (χ2n) is 7.48. The van der Waals surface area contributed by atoms with Gasteiger partial charge in [0.2, 0.25) is 0 Å².